The van der Waals surface area contributed by atoms with Gasteiger partial charge in [0.05, 0.1) is 35.4 Å². The van der Waals surface area contributed by atoms with E-state index in [1.807, 2.05) is 64.6 Å². The molecule has 6 heteroatoms. The van der Waals surface area contributed by atoms with E-state index in [-0.39, 0.29) is 11.9 Å². The average molecular weight is 349 g/mol. The van der Waals surface area contributed by atoms with Gasteiger partial charge < -0.3 is 4.90 Å². The van der Waals surface area contributed by atoms with Gasteiger partial charge in [-0.05, 0) is 44.4 Å². The number of carbonyl (C=O) groups excluding carboxylic acids is 1. The maximum atomic E-state index is 13.1. The zero-order valence-corrected chi connectivity index (χ0v) is 15.2. The van der Waals surface area contributed by atoms with E-state index in [1.165, 1.54) is 0 Å². The Morgan fingerprint density at radius 1 is 1.12 bits per heavy atom. The normalized spacial score (nSPS) is 17.5. The lowest BCUT2D eigenvalue weighted by atomic mass is 10.0. The number of amides is 1. The van der Waals surface area contributed by atoms with Gasteiger partial charge in [0.2, 0.25) is 0 Å². The maximum Gasteiger partial charge on any atom is 0.257 e. The summed E-state index contributed by atoms with van der Waals surface area (Å²) in [6.07, 6.45) is 7.65. The number of hydrogen-bond acceptors (Lipinski definition) is 3. The minimum atomic E-state index is 0.0539. The lowest BCUT2D eigenvalue weighted by molar-refractivity contribution is 0.0672. The number of nitrogens with zero attached hydrogens (tertiary/aromatic N) is 5. The van der Waals surface area contributed by atoms with Gasteiger partial charge in [0.25, 0.3) is 5.91 Å². The first kappa shape index (κ1) is 16.6. The van der Waals surface area contributed by atoms with E-state index in [0.717, 1.165) is 36.3 Å². The number of aryl methyl sites for hydroxylation is 1. The first-order valence-electron chi connectivity index (χ1n) is 9.03. The number of carbonyl (C=O) groups is 1. The molecule has 1 atom stereocenters. The molecule has 0 aliphatic carbocycles. The third-order valence-electron chi connectivity index (χ3n) is 5.03. The SMILES string of the molecule is Cc1cnn(C2CCCN(C(=O)c3cnn(-c4ccccc4)c3C)C2)c1. The van der Waals surface area contributed by atoms with Crippen LogP contribution in [0.3, 0.4) is 0 Å². The second-order valence-corrected chi connectivity index (χ2v) is 6.94. The van der Waals surface area contributed by atoms with Gasteiger partial charge in [0, 0.05) is 19.3 Å². The van der Waals surface area contributed by atoms with Crippen molar-refractivity contribution in [3.8, 4) is 5.69 Å². The van der Waals surface area contributed by atoms with Crippen molar-refractivity contribution in [2.75, 3.05) is 13.1 Å². The fraction of sp³-hybridized carbons (Fsp3) is 0.350. The van der Waals surface area contributed by atoms with Crippen LogP contribution in [-0.2, 0) is 0 Å². The van der Waals surface area contributed by atoms with Crippen molar-refractivity contribution < 1.29 is 4.79 Å². The second kappa shape index (κ2) is 6.78. The smallest absolute Gasteiger partial charge is 0.257 e. The van der Waals surface area contributed by atoms with Crippen LogP contribution < -0.4 is 0 Å². The molecule has 1 saturated heterocycles. The summed E-state index contributed by atoms with van der Waals surface area (Å²) in [5.74, 6) is 0.0539. The van der Waals surface area contributed by atoms with E-state index in [9.17, 15) is 4.79 Å². The zero-order valence-electron chi connectivity index (χ0n) is 15.2. The fourth-order valence-electron chi connectivity index (χ4n) is 3.61. The number of rotatable bonds is 3. The van der Waals surface area contributed by atoms with Gasteiger partial charge in [-0.25, -0.2) is 4.68 Å². The summed E-state index contributed by atoms with van der Waals surface area (Å²) in [5.41, 5.74) is 3.66. The van der Waals surface area contributed by atoms with Gasteiger partial charge in [0.15, 0.2) is 0 Å². The largest absolute Gasteiger partial charge is 0.336 e. The molecule has 0 spiro atoms. The van der Waals surface area contributed by atoms with Crippen LogP contribution in [0.2, 0.25) is 0 Å². The minimum Gasteiger partial charge on any atom is -0.336 e. The highest BCUT2D eigenvalue weighted by Gasteiger charge is 2.28. The summed E-state index contributed by atoms with van der Waals surface area (Å²) in [6.45, 7) is 5.46. The maximum absolute atomic E-state index is 13.1. The molecule has 1 unspecified atom stereocenters. The second-order valence-electron chi connectivity index (χ2n) is 6.94. The predicted molar refractivity (Wildman–Crippen MR) is 99.4 cm³/mol. The van der Waals surface area contributed by atoms with Gasteiger partial charge in [-0.15, -0.1) is 0 Å². The molecule has 1 amide bonds. The molecule has 1 aliphatic heterocycles. The lowest BCUT2D eigenvalue weighted by Gasteiger charge is -2.32. The lowest BCUT2D eigenvalue weighted by Crippen LogP contribution is -2.41. The van der Waals surface area contributed by atoms with Crippen molar-refractivity contribution >= 4 is 5.91 Å². The van der Waals surface area contributed by atoms with Crippen LogP contribution in [0.5, 0.6) is 0 Å². The van der Waals surface area contributed by atoms with Gasteiger partial charge in [-0.1, -0.05) is 18.2 Å². The van der Waals surface area contributed by atoms with Gasteiger partial charge in [-0.3, -0.25) is 9.48 Å². The van der Waals surface area contributed by atoms with Crippen molar-refractivity contribution in [3.05, 3.63) is 65.7 Å². The van der Waals surface area contributed by atoms with Crippen LogP contribution in [0, 0.1) is 13.8 Å². The topological polar surface area (TPSA) is 56.0 Å². The number of aromatic nitrogens is 4. The number of para-hydroxylation sites is 1. The summed E-state index contributed by atoms with van der Waals surface area (Å²) >= 11 is 0. The molecule has 134 valence electrons. The van der Waals surface area contributed by atoms with Crippen molar-refractivity contribution in [2.45, 2.75) is 32.7 Å². The molecule has 0 bridgehead atoms. The van der Waals surface area contributed by atoms with Crippen LogP contribution in [0.1, 0.15) is 40.5 Å². The van der Waals surface area contributed by atoms with Crippen molar-refractivity contribution in [1.82, 2.24) is 24.5 Å². The Bertz CT molecular complexity index is 911. The third kappa shape index (κ3) is 3.03. The number of piperidine rings is 1. The van der Waals surface area contributed by atoms with Gasteiger partial charge in [-0.2, -0.15) is 10.2 Å². The molecule has 2 aromatic heterocycles. The number of hydrogen-bond donors (Lipinski definition) is 0. The Morgan fingerprint density at radius 2 is 1.92 bits per heavy atom. The molecule has 3 aromatic rings. The van der Waals surface area contributed by atoms with E-state index >= 15 is 0 Å². The van der Waals surface area contributed by atoms with Crippen LogP contribution >= 0.6 is 0 Å². The van der Waals surface area contributed by atoms with Crippen LogP contribution in [0.4, 0.5) is 0 Å². The molecule has 26 heavy (non-hydrogen) atoms. The summed E-state index contributed by atoms with van der Waals surface area (Å²) in [7, 11) is 0. The van der Waals surface area contributed by atoms with E-state index in [4.69, 9.17) is 0 Å². The van der Waals surface area contributed by atoms with E-state index in [2.05, 4.69) is 16.4 Å². The fourth-order valence-corrected chi connectivity index (χ4v) is 3.61. The quantitative estimate of drug-likeness (QED) is 0.730. The first-order valence-corrected chi connectivity index (χ1v) is 9.03. The third-order valence-corrected chi connectivity index (χ3v) is 5.03. The minimum absolute atomic E-state index is 0.0539. The molecule has 0 N–H and O–H groups in total. The van der Waals surface area contributed by atoms with E-state index < -0.39 is 0 Å². The van der Waals surface area contributed by atoms with Crippen LogP contribution in [-0.4, -0.2) is 43.5 Å². The van der Waals surface area contributed by atoms with Crippen LogP contribution in [0.25, 0.3) is 5.69 Å². The highest BCUT2D eigenvalue weighted by Crippen LogP contribution is 2.24. The van der Waals surface area contributed by atoms with Crippen molar-refractivity contribution in [3.63, 3.8) is 0 Å². The van der Waals surface area contributed by atoms with Gasteiger partial charge >= 0.3 is 0 Å². The van der Waals surface area contributed by atoms with E-state index in [1.54, 1.807) is 6.20 Å². The molecule has 1 aliphatic rings. The first-order chi connectivity index (χ1) is 12.6. The number of benzene rings is 1. The summed E-state index contributed by atoms with van der Waals surface area (Å²) in [5, 5.41) is 8.86. The predicted octanol–water partition coefficient (Wildman–Crippen LogP) is 3.16. The average Bonchev–Trinajstić information content (AvgIpc) is 3.28. The summed E-state index contributed by atoms with van der Waals surface area (Å²) < 4.78 is 3.82. The van der Waals surface area contributed by atoms with Crippen LogP contribution in [0.15, 0.2) is 48.9 Å². The Kier molecular flexibility index (Phi) is 4.32. The molecule has 6 nitrogen and oxygen atoms in total. The molecule has 1 aromatic carbocycles. The highest BCUT2D eigenvalue weighted by atomic mass is 16.2. The van der Waals surface area contributed by atoms with Crippen molar-refractivity contribution in [1.29, 1.82) is 0 Å². The van der Waals surface area contributed by atoms with Crippen molar-refractivity contribution in [2.24, 2.45) is 0 Å². The molecular weight excluding hydrogens is 326 g/mol. The van der Waals surface area contributed by atoms with E-state index in [0.29, 0.717) is 12.1 Å². The zero-order chi connectivity index (χ0) is 18.1. The Labute approximate surface area is 153 Å². The Hall–Kier alpha value is -2.89. The Morgan fingerprint density at radius 3 is 2.65 bits per heavy atom. The molecule has 3 heterocycles. The standard InChI is InChI=1S/C20H23N5O/c1-15-11-21-24(13-15)18-9-6-10-23(14-18)20(26)19-12-22-25(16(19)2)17-7-4-3-5-8-17/h3-5,7-8,11-13,18H,6,9-10,14H2,1-2H3. The molecule has 0 saturated carbocycles. The monoisotopic (exact) mass is 349 g/mol. The Balaban J connectivity index is 1.55. The molecule has 0 radical (unpaired) electrons. The summed E-state index contributed by atoms with van der Waals surface area (Å²) in [4.78, 5) is 15.0. The van der Waals surface area contributed by atoms with Gasteiger partial charge in [0.1, 0.15) is 0 Å². The highest BCUT2D eigenvalue weighted by molar-refractivity contribution is 5.95. The molecule has 1 fully saturated rings. The molecule has 4 rings (SSSR count). The summed E-state index contributed by atoms with van der Waals surface area (Å²) in [6, 6.07) is 10.1. The molecular formula is C20H23N5O. The number of likely N-dealkylation sites (tertiary alicyclic amines) is 1.